The van der Waals surface area contributed by atoms with E-state index in [1.54, 1.807) is 25.3 Å². The Balaban J connectivity index is 2.30. The van der Waals surface area contributed by atoms with Crippen molar-refractivity contribution in [2.75, 3.05) is 13.7 Å². The van der Waals surface area contributed by atoms with E-state index in [-0.39, 0.29) is 11.7 Å². The third-order valence-corrected chi connectivity index (χ3v) is 3.25. The van der Waals surface area contributed by atoms with Crippen molar-refractivity contribution in [2.45, 2.75) is 13.0 Å². The molecule has 1 aromatic carbocycles. The van der Waals surface area contributed by atoms with Gasteiger partial charge in [-0.1, -0.05) is 12.1 Å². The fourth-order valence-electron chi connectivity index (χ4n) is 2.17. The molecular weight excluding hydrogens is 273 g/mol. The summed E-state index contributed by atoms with van der Waals surface area (Å²) in [6.07, 6.45) is 0.676. The number of rotatable bonds is 6. The number of nitrogen functional groups attached to an aromatic ring is 1. The molecule has 3 N–H and O–H groups in total. The summed E-state index contributed by atoms with van der Waals surface area (Å²) in [7, 11) is 1.63. The van der Waals surface area contributed by atoms with Gasteiger partial charge in [0.25, 0.3) is 5.91 Å². The lowest BCUT2D eigenvalue weighted by Gasteiger charge is -2.13. The van der Waals surface area contributed by atoms with Crippen LogP contribution in [0.15, 0.2) is 36.4 Å². The summed E-state index contributed by atoms with van der Waals surface area (Å²) in [4.78, 5) is 11.8. The van der Waals surface area contributed by atoms with Gasteiger partial charge in [0.1, 0.15) is 11.5 Å². The number of halogens is 1. The van der Waals surface area contributed by atoms with Crippen molar-refractivity contribution in [3.05, 3.63) is 59.2 Å². The van der Waals surface area contributed by atoms with Crippen LogP contribution in [0.3, 0.4) is 0 Å². The summed E-state index contributed by atoms with van der Waals surface area (Å²) in [6, 6.07) is 9.77. The monoisotopic (exact) mass is 291 g/mol. The number of carbonyl (C=O) groups is 1. The van der Waals surface area contributed by atoms with E-state index in [0.717, 1.165) is 11.3 Å². The maximum Gasteiger partial charge on any atom is 0.281 e. The molecule has 2 rings (SSSR count). The smallest absolute Gasteiger partial charge is 0.281 e. The van der Waals surface area contributed by atoms with Gasteiger partial charge < -0.3 is 9.30 Å². The van der Waals surface area contributed by atoms with Crippen LogP contribution in [0.25, 0.3) is 0 Å². The quantitative estimate of drug-likeness (QED) is 0.481. The molecule has 0 saturated carbocycles. The molecule has 6 heteroatoms. The highest BCUT2D eigenvalue weighted by atomic mass is 19.1. The highest BCUT2D eigenvalue weighted by Gasteiger charge is 2.14. The molecule has 0 aliphatic carbocycles. The maximum atomic E-state index is 13.0. The van der Waals surface area contributed by atoms with Gasteiger partial charge in [0.05, 0.1) is 6.61 Å². The number of hydrogen-bond donors (Lipinski definition) is 2. The van der Waals surface area contributed by atoms with E-state index in [1.807, 2.05) is 10.6 Å². The largest absolute Gasteiger partial charge is 0.384 e. The molecule has 1 heterocycles. The van der Waals surface area contributed by atoms with Crippen molar-refractivity contribution in [3.8, 4) is 0 Å². The van der Waals surface area contributed by atoms with Crippen molar-refractivity contribution >= 4 is 5.91 Å². The Bertz CT molecular complexity index is 608. The zero-order chi connectivity index (χ0) is 15.2. The zero-order valence-corrected chi connectivity index (χ0v) is 11.8. The molecular formula is C15H18FN3O2. The van der Waals surface area contributed by atoms with Gasteiger partial charge in [-0.05, 0) is 29.8 Å². The molecule has 0 atom stereocenters. The van der Waals surface area contributed by atoms with Crippen molar-refractivity contribution in [1.82, 2.24) is 9.99 Å². The van der Waals surface area contributed by atoms with Crippen LogP contribution in [0.4, 0.5) is 4.39 Å². The maximum absolute atomic E-state index is 13.0. The lowest BCUT2D eigenvalue weighted by atomic mass is 10.2. The number of ether oxygens (including phenoxy) is 1. The molecule has 0 unspecified atom stereocenters. The SMILES string of the molecule is COCCc1ccc(C(=O)NN)n1Cc1ccc(F)cc1. The Morgan fingerprint density at radius 3 is 2.62 bits per heavy atom. The van der Waals surface area contributed by atoms with Crippen LogP contribution in [0.1, 0.15) is 21.7 Å². The first kappa shape index (κ1) is 15.2. The minimum Gasteiger partial charge on any atom is -0.384 e. The van der Waals surface area contributed by atoms with Crippen LogP contribution in [-0.4, -0.2) is 24.2 Å². The zero-order valence-electron chi connectivity index (χ0n) is 11.8. The van der Waals surface area contributed by atoms with Crippen LogP contribution in [0.2, 0.25) is 0 Å². The second-order valence-corrected chi connectivity index (χ2v) is 4.64. The number of nitrogens with zero attached hydrogens (tertiary/aromatic N) is 1. The van der Waals surface area contributed by atoms with E-state index < -0.39 is 0 Å². The normalized spacial score (nSPS) is 10.6. The molecule has 0 radical (unpaired) electrons. The van der Waals surface area contributed by atoms with Crippen LogP contribution in [-0.2, 0) is 17.7 Å². The topological polar surface area (TPSA) is 69.3 Å². The van der Waals surface area contributed by atoms with E-state index in [9.17, 15) is 9.18 Å². The van der Waals surface area contributed by atoms with Gasteiger partial charge in [0.15, 0.2) is 0 Å². The second kappa shape index (κ2) is 7.01. The van der Waals surface area contributed by atoms with Gasteiger partial charge in [0.2, 0.25) is 0 Å². The van der Waals surface area contributed by atoms with Gasteiger partial charge >= 0.3 is 0 Å². The van der Waals surface area contributed by atoms with Crippen LogP contribution < -0.4 is 11.3 Å². The van der Waals surface area contributed by atoms with Crippen molar-refractivity contribution in [3.63, 3.8) is 0 Å². The number of nitrogens with two attached hydrogens (primary N) is 1. The number of nitrogens with one attached hydrogen (secondary N) is 1. The predicted octanol–water partition coefficient (Wildman–Crippen LogP) is 1.47. The van der Waals surface area contributed by atoms with Crippen molar-refractivity contribution in [1.29, 1.82) is 0 Å². The van der Waals surface area contributed by atoms with E-state index >= 15 is 0 Å². The molecule has 0 aliphatic rings. The first-order chi connectivity index (χ1) is 10.2. The highest BCUT2D eigenvalue weighted by molar-refractivity contribution is 5.92. The second-order valence-electron chi connectivity index (χ2n) is 4.64. The van der Waals surface area contributed by atoms with Gasteiger partial charge in [-0.2, -0.15) is 0 Å². The molecule has 2 aromatic rings. The first-order valence-electron chi connectivity index (χ1n) is 6.58. The number of carbonyl (C=O) groups excluding carboxylic acids is 1. The number of methoxy groups -OCH3 is 1. The Morgan fingerprint density at radius 2 is 2.00 bits per heavy atom. The van der Waals surface area contributed by atoms with Crippen LogP contribution in [0.5, 0.6) is 0 Å². The lowest BCUT2D eigenvalue weighted by molar-refractivity contribution is 0.0944. The van der Waals surface area contributed by atoms with Gasteiger partial charge in [0, 0.05) is 25.8 Å². The average Bonchev–Trinajstić information content (AvgIpc) is 2.89. The number of amides is 1. The van der Waals surface area contributed by atoms with Gasteiger partial charge in [-0.15, -0.1) is 0 Å². The minimum atomic E-state index is -0.360. The third-order valence-electron chi connectivity index (χ3n) is 3.25. The summed E-state index contributed by atoms with van der Waals surface area (Å²) in [6.45, 7) is 1.02. The summed E-state index contributed by atoms with van der Waals surface area (Å²) in [5.74, 6) is 4.56. The fourth-order valence-corrected chi connectivity index (χ4v) is 2.17. The van der Waals surface area contributed by atoms with Crippen LogP contribution in [0, 0.1) is 5.82 Å². The fraction of sp³-hybridized carbons (Fsp3) is 0.267. The molecule has 0 spiro atoms. The lowest BCUT2D eigenvalue weighted by Crippen LogP contribution is -2.32. The molecule has 0 aliphatic heterocycles. The molecule has 1 aromatic heterocycles. The third kappa shape index (κ3) is 3.68. The molecule has 0 bridgehead atoms. The number of aromatic nitrogens is 1. The van der Waals surface area contributed by atoms with E-state index in [2.05, 4.69) is 5.43 Å². The van der Waals surface area contributed by atoms with Gasteiger partial charge in [-0.25, -0.2) is 10.2 Å². The van der Waals surface area contributed by atoms with E-state index in [4.69, 9.17) is 10.6 Å². The number of hydrazine groups is 1. The summed E-state index contributed by atoms with van der Waals surface area (Å²) in [5, 5.41) is 0. The van der Waals surface area contributed by atoms with E-state index in [1.165, 1.54) is 12.1 Å². The molecule has 0 saturated heterocycles. The molecule has 5 nitrogen and oxygen atoms in total. The highest BCUT2D eigenvalue weighted by Crippen LogP contribution is 2.14. The molecule has 112 valence electrons. The Morgan fingerprint density at radius 1 is 1.29 bits per heavy atom. The standard InChI is InChI=1S/C15H18FN3O2/c1-21-9-8-13-6-7-14(15(20)18-17)19(13)10-11-2-4-12(16)5-3-11/h2-7H,8-10,17H2,1H3,(H,18,20). The number of benzene rings is 1. The number of hydrogen-bond acceptors (Lipinski definition) is 3. The summed E-state index contributed by atoms with van der Waals surface area (Å²) >= 11 is 0. The summed E-state index contributed by atoms with van der Waals surface area (Å²) in [5.41, 5.74) is 4.46. The Kier molecular flexibility index (Phi) is 5.08. The molecule has 0 fully saturated rings. The predicted molar refractivity (Wildman–Crippen MR) is 77.2 cm³/mol. The average molecular weight is 291 g/mol. The van der Waals surface area contributed by atoms with Gasteiger partial charge in [-0.3, -0.25) is 10.2 Å². The molecule has 21 heavy (non-hydrogen) atoms. The summed E-state index contributed by atoms with van der Waals surface area (Å²) < 4.78 is 19.9. The first-order valence-corrected chi connectivity index (χ1v) is 6.58. The minimum absolute atomic E-state index is 0.286. The Labute approximate surface area is 122 Å². The van der Waals surface area contributed by atoms with Crippen LogP contribution >= 0.6 is 0 Å². The molecule has 1 amide bonds. The van der Waals surface area contributed by atoms with Crippen molar-refractivity contribution < 1.29 is 13.9 Å². The van der Waals surface area contributed by atoms with E-state index in [0.29, 0.717) is 25.3 Å². The van der Waals surface area contributed by atoms with Crippen molar-refractivity contribution in [2.24, 2.45) is 5.84 Å². The Hall–Kier alpha value is -2.18.